The van der Waals surface area contributed by atoms with Gasteiger partial charge in [0.2, 0.25) is 0 Å². The summed E-state index contributed by atoms with van der Waals surface area (Å²) in [4.78, 5) is 14.9. The van der Waals surface area contributed by atoms with E-state index in [0.717, 1.165) is 22.9 Å². The Morgan fingerprint density at radius 3 is 2.13 bits per heavy atom. The fourth-order valence-corrected chi connectivity index (χ4v) is 3.61. The van der Waals surface area contributed by atoms with Gasteiger partial charge in [-0.1, -0.05) is 54.6 Å². The number of carbonyl (C=O) groups excluding carboxylic acids is 1. The molecule has 0 heterocycles. The van der Waals surface area contributed by atoms with Crippen LogP contribution in [0.1, 0.15) is 29.8 Å². The van der Waals surface area contributed by atoms with Gasteiger partial charge in [-0.25, -0.2) is 0 Å². The maximum atomic E-state index is 13.2. The van der Waals surface area contributed by atoms with E-state index in [1.165, 1.54) is 0 Å². The molecule has 0 unspecified atom stereocenters. The van der Waals surface area contributed by atoms with E-state index in [0.29, 0.717) is 12.1 Å². The largest absolute Gasteiger partial charge is 0.383 e. The lowest BCUT2D eigenvalue weighted by atomic mass is 10.0. The molecule has 1 amide bonds. The second kappa shape index (κ2) is 9.13. The Morgan fingerprint density at radius 1 is 0.900 bits per heavy atom. The Morgan fingerprint density at radius 2 is 1.53 bits per heavy atom. The van der Waals surface area contributed by atoms with E-state index in [2.05, 4.69) is 0 Å². The third-order valence-corrected chi connectivity index (χ3v) is 5.12. The lowest BCUT2D eigenvalue weighted by Crippen LogP contribution is -2.36. The highest BCUT2D eigenvalue weighted by Crippen LogP contribution is 2.22. The summed E-state index contributed by atoms with van der Waals surface area (Å²) in [6.45, 7) is 4.25. The summed E-state index contributed by atoms with van der Waals surface area (Å²) < 4.78 is 27.7. The van der Waals surface area contributed by atoms with Crippen LogP contribution in [-0.4, -0.2) is 31.5 Å². The predicted octanol–water partition coefficient (Wildman–Crippen LogP) is 4.74. The molecule has 0 N–H and O–H groups in total. The fraction of sp³-hybridized carbons (Fsp3) is 0.208. The minimum atomic E-state index is -3.61. The number of hydrogen-bond acceptors (Lipinski definition) is 4. The van der Waals surface area contributed by atoms with Gasteiger partial charge in [0, 0.05) is 18.2 Å². The molecule has 3 aromatic rings. The molecule has 0 aliphatic carbocycles. The van der Waals surface area contributed by atoms with Crippen molar-refractivity contribution in [2.24, 2.45) is 0 Å². The summed E-state index contributed by atoms with van der Waals surface area (Å²) in [5.74, 6) is 0.150. The second-order valence-corrected chi connectivity index (χ2v) is 8.98. The van der Waals surface area contributed by atoms with Gasteiger partial charge in [-0.2, -0.15) is 8.42 Å². The molecule has 0 aliphatic rings. The molecule has 0 spiro atoms. The highest BCUT2D eigenvalue weighted by Gasteiger charge is 2.19. The maximum absolute atomic E-state index is 13.2. The molecule has 3 rings (SSSR count). The molecule has 156 valence electrons. The zero-order valence-corrected chi connectivity index (χ0v) is 18.1. The van der Waals surface area contributed by atoms with Gasteiger partial charge in [0.1, 0.15) is 5.75 Å². The van der Waals surface area contributed by atoms with Crippen molar-refractivity contribution in [2.45, 2.75) is 26.4 Å². The van der Waals surface area contributed by atoms with Crippen molar-refractivity contribution in [2.75, 3.05) is 6.26 Å². The van der Waals surface area contributed by atoms with Crippen LogP contribution >= 0.6 is 0 Å². The first-order valence-corrected chi connectivity index (χ1v) is 11.5. The van der Waals surface area contributed by atoms with Crippen LogP contribution in [0.5, 0.6) is 5.75 Å². The van der Waals surface area contributed by atoms with Crippen LogP contribution in [0, 0.1) is 0 Å². The van der Waals surface area contributed by atoms with Gasteiger partial charge in [0.25, 0.3) is 5.91 Å². The molecule has 0 radical (unpaired) electrons. The number of amides is 1. The van der Waals surface area contributed by atoms with E-state index < -0.39 is 10.1 Å². The molecule has 0 bridgehead atoms. The Kier molecular flexibility index (Phi) is 6.57. The van der Waals surface area contributed by atoms with Crippen LogP contribution in [0.2, 0.25) is 0 Å². The number of nitrogens with zero attached hydrogens (tertiary/aromatic N) is 1. The van der Waals surface area contributed by atoms with Crippen LogP contribution in [-0.2, 0) is 16.7 Å². The molecular formula is C24H25NO4S. The smallest absolute Gasteiger partial charge is 0.306 e. The zero-order chi connectivity index (χ0) is 21.7. The van der Waals surface area contributed by atoms with Gasteiger partial charge in [-0.15, -0.1) is 0 Å². The fourth-order valence-electron chi connectivity index (χ4n) is 3.16. The summed E-state index contributed by atoms with van der Waals surface area (Å²) in [5.41, 5.74) is 3.54. The lowest BCUT2D eigenvalue weighted by Gasteiger charge is -2.27. The van der Waals surface area contributed by atoms with Crippen LogP contribution in [0.25, 0.3) is 11.1 Å². The highest BCUT2D eigenvalue weighted by atomic mass is 32.2. The molecular weight excluding hydrogens is 398 g/mol. The first kappa shape index (κ1) is 21.6. The van der Waals surface area contributed by atoms with Crippen molar-refractivity contribution < 1.29 is 17.4 Å². The van der Waals surface area contributed by atoms with Crippen molar-refractivity contribution in [3.8, 4) is 16.9 Å². The van der Waals surface area contributed by atoms with Crippen molar-refractivity contribution in [3.05, 3.63) is 90.0 Å². The van der Waals surface area contributed by atoms with Gasteiger partial charge in [-0.3, -0.25) is 4.79 Å². The molecule has 0 atom stereocenters. The lowest BCUT2D eigenvalue weighted by molar-refractivity contribution is 0.0690. The maximum Gasteiger partial charge on any atom is 0.306 e. The van der Waals surface area contributed by atoms with Crippen molar-refractivity contribution in [3.63, 3.8) is 0 Å². The standard InChI is InChI=1S/C24H25NO4S/c1-18(2)25(17-19-8-7-11-23(16-19)29-30(3,27)28)24(26)22-14-12-21(13-15-22)20-9-5-4-6-10-20/h4-16,18H,17H2,1-3H3. The zero-order valence-electron chi connectivity index (χ0n) is 17.3. The van der Waals surface area contributed by atoms with E-state index in [-0.39, 0.29) is 17.7 Å². The summed E-state index contributed by atoms with van der Waals surface area (Å²) in [6.07, 6.45) is 1.00. The first-order chi connectivity index (χ1) is 14.2. The number of carbonyl (C=O) groups is 1. The number of benzene rings is 3. The third-order valence-electron chi connectivity index (χ3n) is 4.62. The quantitative estimate of drug-likeness (QED) is 0.515. The van der Waals surface area contributed by atoms with Gasteiger partial charge in [-0.05, 0) is 54.8 Å². The SMILES string of the molecule is CC(C)N(Cc1cccc(OS(C)(=O)=O)c1)C(=O)c1ccc(-c2ccccc2)cc1. The van der Waals surface area contributed by atoms with Gasteiger partial charge < -0.3 is 9.08 Å². The molecule has 0 aromatic heterocycles. The van der Waals surface area contributed by atoms with E-state index in [1.54, 1.807) is 23.1 Å². The van der Waals surface area contributed by atoms with Crippen molar-refractivity contribution in [1.82, 2.24) is 4.90 Å². The molecule has 0 saturated heterocycles. The topological polar surface area (TPSA) is 63.7 Å². The molecule has 5 nitrogen and oxygen atoms in total. The third kappa shape index (κ3) is 5.70. The number of rotatable bonds is 7. The second-order valence-electron chi connectivity index (χ2n) is 7.41. The Labute approximate surface area is 178 Å². The van der Waals surface area contributed by atoms with Gasteiger partial charge in [0.15, 0.2) is 0 Å². The molecule has 30 heavy (non-hydrogen) atoms. The minimum absolute atomic E-state index is 0.0363. The monoisotopic (exact) mass is 423 g/mol. The summed E-state index contributed by atoms with van der Waals surface area (Å²) in [6, 6.07) is 24.3. The average molecular weight is 424 g/mol. The molecule has 6 heteroatoms. The predicted molar refractivity (Wildman–Crippen MR) is 119 cm³/mol. The Balaban J connectivity index is 1.79. The summed E-state index contributed by atoms with van der Waals surface area (Å²) in [7, 11) is -3.61. The van der Waals surface area contributed by atoms with Crippen LogP contribution in [0.3, 0.4) is 0 Å². The Hall–Kier alpha value is -3.12. The van der Waals surface area contributed by atoms with Crippen molar-refractivity contribution >= 4 is 16.0 Å². The number of hydrogen-bond donors (Lipinski definition) is 0. The Bertz CT molecular complexity index is 1110. The van der Waals surface area contributed by atoms with Crippen LogP contribution < -0.4 is 4.18 Å². The minimum Gasteiger partial charge on any atom is -0.383 e. The average Bonchev–Trinajstić information content (AvgIpc) is 2.71. The van der Waals surface area contributed by atoms with Crippen LogP contribution in [0.15, 0.2) is 78.9 Å². The summed E-state index contributed by atoms with van der Waals surface area (Å²) in [5, 5.41) is 0. The van der Waals surface area contributed by atoms with E-state index in [1.807, 2.05) is 74.5 Å². The van der Waals surface area contributed by atoms with E-state index in [9.17, 15) is 13.2 Å². The van der Waals surface area contributed by atoms with Gasteiger partial charge >= 0.3 is 10.1 Å². The normalized spacial score (nSPS) is 11.3. The van der Waals surface area contributed by atoms with E-state index >= 15 is 0 Å². The molecule has 0 fully saturated rings. The molecule has 0 saturated carbocycles. The summed E-state index contributed by atoms with van der Waals surface area (Å²) >= 11 is 0. The van der Waals surface area contributed by atoms with Gasteiger partial charge in [0.05, 0.1) is 6.26 Å². The highest BCUT2D eigenvalue weighted by molar-refractivity contribution is 7.86. The molecule has 0 aliphatic heterocycles. The first-order valence-electron chi connectivity index (χ1n) is 9.68. The van der Waals surface area contributed by atoms with Crippen LogP contribution in [0.4, 0.5) is 0 Å². The van der Waals surface area contributed by atoms with E-state index in [4.69, 9.17) is 4.18 Å². The van der Waals surface area contributed by atoms with Crippen molar-refractivity contribution in [1.29, 1.82) is 0 Å². The molecule has 3 aromatic carbocycles.